The average molecular weight is 690 g/mol. The summed E-state index contributed by atoms with van der Waals surface area (Å²) in [6, 6.07) is 25.0. The van der Waals surface area contributed by atoms with Gasteiger partial charge in [-0.1, -0.05) is 36.4 Å². The lowest BCUT2D eigenvalue weighted by molar-refractivity contribution is 0.177. The number of hydrogen-bond acceptors (Lipinski definition) is 6. The SMILES string of the molecule is CCC(O)c1ccc(-c2ccc(OC)cc2)s1.CCC(c1ccc(-c2ccc(OC)cc2)s1)n1ccnc1.[2H]CI. The van der Waals surface area contributed by atoms with Gasteiger partial charge in [0.15, 0.2) is 0 Å². The standard InChI is InChI=1S/C17H18N2OS.C14H16O2S.CH3I/c1-3-15(19-11-10-18-12-19)17-9-8-16(21-17)13-4-6-14(20-2)7-5-13;1-3-12(15)14-9-8-13(17-14)10-4-6-11(16-2)7-5-10;1-2/h4-12,15H,3H2,1-2H3;4-9,12,15H,3H2,1-2H3;1H3/i;;1D. The Hall–Kier alpha value is -2.66. The monoisotopic (exact) mass is 689 g/mol. The fourth-order valence-corrected chi connectivity index (χ4v) is 6.39. The summed E-state index contributed by atoms with van der Waals surface area (Å²) in [4.78, 5) is 9.47. The van der Waals surface area contributed by atoms with Crippen molar-refractivity contribution in [3.8, 4) is 32.4 Å². The number of thiophene rings is 2. The van der Waals surface area contributed by atoms with Crippen LogP contribution >= 0.6 is 45.3 Å². The maximum atomic E-state index is 9.76. The van der Waals surface area contributed by atoms with Gasteiger partial charge in [-0.3, -0.25) is 0 Å². The fraction of sp³-hybridized carbons (Fsp3) is 0.281. The molecule has 40 heavy (non-hydrogen) atoms. The van der Waals surface area contributed by atoms with E-state index < -0.39 is 0 Å². The number of methoxy groups -OCH3 is 2. The highest BCUT2D eigenvalue weighted by Crippen LogP contribution is 2.35. The molecule has 0 aliphatic heterocycles. The second kappa shape index (κ2) is 16.6. The topological polar surface area (TPSA) is 56.5 Å². The van der Waals surface area contributed by atoms with Gasteiger partial charge >= 0.3 is 0 Å². The van der Waals surface area contributed by atoms with Crippen molar-refractivity contribution in [3.63, 3.8) is 0 Å². The van der Waals surface area contributed by atoms with Gasteiger partial charge in [0.25, 0.3) is 0 Å². The molecule has 3 aromatic heterocycles. The van der Waals surface area contributed by atoms with Crippen LogP contribution in [0.15, 0.2) is 91.5 Å². The molecule has 0 aliphatic rings. The third-order valence-electron chi connectivity index (χ3n) is 6.32. The van der Waals surface area contributed by atoms with E-state index in [2.05, 4.69) is 46.8 Å². The Morgan fingerprint density at radius 3 is 1.75 bits per heavy atom. The smallest absolute Gasteiger partial charge is 0.118 e. The Bertz CT molecular complexity index is 1400. The second-order valence-corrected chi connectivity index (χ2v) is 10.9. The molecule has 0 spiro atoms. The Morgan fingerprint density at radius 1 is 0.825 bits per heavy atom. The van der Waals surface area contributed by atoms with Gasteiger partial charge in [-0.05, 0) is 102 Å². The molecule has 0 radical (unpaired) electrons. The number of hydrogen-bond donors (Lipinski definition) is 1. The van der Waals surface area contributed by atoms with Crippen molar-refractivity contribution < 1.29 is 16.0 Å². The highest BCUT2D eigenvalue weighted by molar-refractivity contribution is 14.1. The Morgan fingerprint density at radius 2 is 1.32 bits per heavy atom. The van der Waals surface area contributed by atoms with Crippen molar-refractivity contribution in [1.29, 1.82) is 0 Å². The number of halogens is 1. The van der Waals surface area contributed by atoms with Crippen LogP contribution in [0.5, 0.6) is 11.5 Å². The van der Waals surface area contributed by atoms with Gasteiger partial charge in [0.1, 0.15) is 11.5 Å². The zero-order valence-corrected chi connectivity index (χ0v) is 27.1. The van der Waals surface area contributed by atoms with E-state index in [1.54, 1.807) is 25.6 Å². The zero-order valence-electron chi connectivity index (χ0n) is 24.3. The van der Waals surface area contributed by atoms with Gasteiger partial charge in [0.2, 0.25) is 0 Å². The average Bonchev–Trinajstić information content (AvgIpc) is 3.81. The summed E-state index contributed by atoms with van der Waals surface area (Å²) >= 11 is 5.44. The number of aliphatic hydroxyl groups excluding tert-OH is 1. The molecule has 3 heterocycles. The van der Waals surface area contributed by atoms with Gasteiger partial charge in [-0.15, -0.1) is 22.7 Å². The maximum Gasteiger partial charge on any atom is 0.118 e. The molecule has 8 heteroatoms. The summed E-state index contributed by atoms with van der Waals surface area (Å²) in [5.74, 6) is 1.75. The molecule has 0 saturated carbocycles. The summed E-state index contributed by atoms with van der Waals surface area (Å²) in [5.41, 5.74) is 2.39. The molecular weight excluding hydrogens is 651 g/mol. The first-order valence-electron chi connectivity index (χ1n) is 13.7. The number of rotatable bonds is 9. The number of imidazole rings is 1. The molecule has 2 unspecified atom stereocenters. The van der Waals surface area contributed by atoms with Crippen LogP contribution in [0.25, 0.3) is 20.9 Å². The summed E-state index contributed by atoms with van der Waals surface area (Å²) in [6.45, 7) is 4.19. The van der Waals surface area contributed by atoms with Gasteiger partial charge in [-0.25, -0.2) is 4.98 Å². The van der Waals surface area contributed by atoms with Crippen molar-refractivity contribution >= 4 is 45.3 Å². The lowest BCUT2D eigenvalue weighted by atomic mass is 10.1. The molecule has 0 aliphatic carbocycles. The summed E-state index contributed by atoms with van der Waals surface area (Å²) < 4.78 is 18.7. The zero-order chi connectivity index (χ0) is 29.6. The predicted molar refractivity (Wildman–Crippen MR) is 178 cm³/mol. The van der Waals surface area contributed by atoms with E-state index >= 15 is 0 Å². The molecule has 212 valence electrons. The van der Waals surface area contributed by atoms with Crippen LogP contribution < -0.4 is 9.47 Å². The minimum absolute atomic E-state index is 0.341. The third kappa shape index (κ3) is 8.42. The molecule has 0 amide bonds. The molecule has 0 bridgehead atoms. The fourth-order valence-electron chi connectivity index (χ4n) is 4.10. The van der Waals surface area contributed by atoms with Crippen molar-refractivity contribution in [2.45, 2.75) is 38.8 Å². The Kier molecular flexibility index (Phi) is 12.6. The van der Waals surface area contributed by atoms with Gasteiger partial charge in [-0.2, -0.15) is 0 Å². The van der Waals surface area contributed by atoms with Gasteiger partial charge in [0, 0.05) is 33.3 Å². The van der Waals surface area contributed by atoms with Crippen LogP contribution in [0.2, 0.25) is 0 Å². The van der Waals surface area contributed by atoms with Crippen LogP contribution in [0.3, 0.4) is 0 Å². The number of nitrogens with zero attached hydrogens (tertiary/aromatic N) is 2. The normalized spacial score (nSPS) is 12.2. The van der Waals surface area contributed by atoms with Gasteiger partial charge in [0.05, 0.1) is 32.7 Å². The molecule has 5 rings (SSSR count). The quantitative estimate of drug-likeness (QED) is 0.124. The lowest BCUT2D eigenvalue weighted by Gasteiger charge is -2.14. The highest BCUT2D eigenvalue weighted by atomic mass is 127. The minimum Gasteiger partial charge on any atom is -0.497 e. The predicted octanol–water partition coefficient (Wildman–Crippen LogP) is 9.54. The Labute approximate surface area is 261 Å². The van der Waals surface area contributed by atoms with Crippen molar-refractivity contribution in [1.82, 2.24) is 9.55 Å². The number of aliphatic hydroxyl groups is 1. The molecule has 2 aromatic carbocycles. The molecule has 1 N–H and O–H groups in total. The van der Waals surface area contributed by atoms with Crippen molar-refractivity contribution in [2.24, 2.45) is 0 Å². The van der Waals surface area contributed by atoms with Crippen LogP contribution in [0, 0.1) is 0 Å². The third-order valence-corrected chi connectivity index (χ3v) is 8.79. The molecule has 0 fully saturated rings. The largest absolute Gasteiger partial charge is 0.497 e. The first kappa shape index (κ1) is 30.3. The van der Waals surface area contributed by atoms with E-state index in [1.165, 1.54) is 20.2 Å². The highest BCUT2D eigenvalue weighted by Gasteiger charge is 2.14. The van der Waals surface area contributed by atoms with Crippen LogP contribution in [-0.4, -0.2) is 33.8 Å². The summed E-state index contributed by atoms with van der Waals surface area (Å²) in [5, 5.41) is 9.76. The van der Waals surface area contributed by atoms with Crippen molar-refractivity contribution in [3.05, 3.63) is 101 Å². The maximum absolute atomic E-state index is 9.76. The number of ether oxygens (including phenoxy) is 2. The number of alkyl halides is 1. The van der Waals surface area contributed by atoms with Crippen LogP contribution in [0.1, 0.15) is 50.0 Å². The molecular formula is C32H37IN2O3S2. The number of aromatic nitrogens is 2. The Balaban J connectivity index is 0.000000210. The van der Waals surface area contributed by atoms with Crippen LogP contribution in [-0.2, 0) is 0 Å². The first-order chi connectivity index (χ1) is 20.0. The summed E-state index contributed by atoms with van der Waals surface area (Å²) in [6.07, 6.45) is 7.22. The molecule has 5 aromatic rings. The minimum atomic E-state index is -0.341. The van der Waals surface area contributed by atoms with E-state index in [0.29, 0.717) is 10.9 Å². The van der Waals surface area contributed by atoms with Gasteiger partial charge < -0.3 is 19.1 Å². The molecule has 2 atom stereocenters. The van der Waals surface area contributed by atoms with E-state index in [1.807, 2.05) is 102 Å². The number of benzene rings is 2. The summed E-state index contributed by atoms with van der Waals surface area (Å²) in [7, 11) is 3.35. The van der Waals surface area contributed by atoms with E-state index in [0.717, 1.165) is 34.8 Å². The lowest BCUT2D eigenvalue weighted by Crippen LogP contribution is -2.05. The molecule has 5 nitrogen and oxygen atoms in total. The second-order valence-electron chi connectivity index (χ2n) is 8.72. The first-order valence-corrected chi connectivity index (χ1v) is 16.1. The van der Waals surface area contributed by atoms with E-state index in [-0.39, 0.29) is 6.10 Å². The van der Waals surface area contributed by atoms with E-state index in [4.69, 9.17) is 10.8 Å². The molecule has 0 saturated heterocycles. The van der Waals surface area contributed by atoms with E-state index in [9.17, 15) is 5.11 Å². The van der Waals surface area contributed by atoms with Crippen molar-refractivity contribution in [2.75, 3.05) is 19.1 Å². The van der Waals surface area contributed by atoms with Crippen LogP contribution in [0.4, 0.5) is 0 Å².